The Labute approximate surface area is 128 Å². The summed E-state index contributed by atoms with van der Waals surface area (Å²) in [6.07, 6.45) is 1.44. The minimum absolute atomic E-state index is 0.398. The molecule has 0 aliphatic carbocycles. The van der Waals surface area contributed by atoms with E-state index >= 15 is 0 Å². The van der Waals surface area contributed by atoms with Crippen molar-refractivity contribution in [1.82, 2.24) is 0 Å². The van der Waals surface area contributed by atoms with Crippen LogP contribution >= 0.6 is 45.2 Å². The number of halogens is 2. The van der Waals surface area contributed by atoms with Crippen molar-refractivity contribution in [2.75, 3.05) is 0 Å². The van der Waals surface area contributed by atoms with Gasteiger partial charge in [0.1, 0.15) is 12.2 Å². The second kappa shape index (κ2) is 6.80. The Morgan fingerprint density at radius 1 is 1.06 bits per heavy atom. The normalized spacial score (nSPS) is 30.8. The van der Waals surface area contributed by atoms with Crippen LogP contribution in [0.5, 0.6) is 0 Å². The second-order valence-electron chi connectivity index (χ2n) is 3.81. The lowest BCUT2D eigenvalue weighted by molar-refractivity contribution is -0.0319. The predicted octanol–water partition coefficient (Wildman–Crippen LogP) is 2.13. The lowest BCUT2D eigenvalue weighted by atomic mass is 9.99. The molecule has 0 aromatic heterocycles. The average molecular weight is 466 g/mol. The van der Waals surface area contributed by atoms with Gasteiger partial charge >= 0.3 is 0 Å². The van der Waals surface area contributed by atoms with Crippen LogP contribution in [0.4, 0.5) is 0 Å². The summed E-state index contributed by atoms with van der Waals surface area (Å²) in [6, 6.07) is 0. The van der Waals surface area contributed by atoms with Gasteiger partial charge in [-0.05, 0) is 12.8 Å². The van der Waals surface area contributed by atoms with Crippen molar-refractivity contribution in [3.8, 4) is 0 Å². The van der Waals surface area contributed by atoms with Crippen LogP contribution in [0.2, 0.25) is 0 Å². The minimum atomic E-state index is -0.852. The highest BCUT2D eigenvalue weighted by Gasteiger charge is 2.49. The van der Waals surface area contributed by atoms with E-state index in [9.17, 15) is 10.2 Å². The van der Waals surface area contributed by atoms with Gasteiger partial charge in [-0.1, -0.05) is 12.2 Å². The zero-order chi connectivity index (χ0) is 13.1. The largest absolute Gasteiger partial charge is 0.390 e. The molecule has 0 aromatic carbocycles. The molecule has 2 N–H and O–H groups in total. The first-order valence-electron chi connectivity index (χ1n) is 5.22. The van der Waals surface area contributed by atoms with E-state index in [2.05, 4.69) is 13.2 Å². The van der Waals surface area contributed by atoms with Crippen molar-refractivity contribution < 1.29 is 19.7 Å². The zero-order valence-corrected chi connectivity index (χ0v) is 13.6. The maximum absolute atomic E-state index is 9.95. The van der Waals surface area contributed by atoms with Gasteiger partial charge in [-0.25, -0.2) is 0 Å². The Balaban J connectivity index is 2.76. The Morgan fingerprint density at radius 3 is 1.71 bits per heavy atom. The van der Waals surface area contributed by atoms with Crippen LogP contribution in [-0.2, 0) is 9.47 Å². The van der Waals surface area contributed by atoms with Gasteiger partial charge in [-0.3, -0.25) is 0 Å². The Bertz CT molecular complexity index is 257. The first-order valence-corrected chi connectivity index (χ1v) is 7.38. The molecule has 1 heterocycles. The SMILES string of the molecule is C=CC[C@H](O)[C@@H]1OC(I)(I)O[C@H]1[C@@H](O)CC=C. The average Bonchev–Trinajstić information content (AvgIpc) is 2.55. The summed E-state index contributed by atoms with van der Waals surface area (Å²) in [7, 11) is 0. The van der Waals surface area contributed by atoms with E-state index in [1.807, 2.05) is 45.2 Å². The third-order valence-corrected chi connectivity index (χ3v) is 3.46. The van der Waals surface area contributed by atoms with E-state index in [1.54, 1.807) is 12.2 Å². The van der Waals surface area contributed by atoms with Gasteiger partial charge in [0, 0.05) is 45.2 Å². The third-order valence-electron chi connectivity index (χ3n) is 2.45. The summed E-state index contributed by atoms with van der Waals surface area (Å²) in [5, 5.41) is 19.9. The highest BCUT2D eigenvalue weighted by Crippen LogP contribution is 2.43. The van der Waals surface area contributed by atoms with Crippen molar-refractivity contribution in [1.29, 1.82) is 0 Å². The monoisotopic (exact) mass is 466 g/mol. The van der Waals surface area contributed by atoms with Crippen LogP contribution in [0, 0.1) is 0 Å². The van der Waals surface area contributed by atoms with E-state index in [1.165, 1.54) is 0 Å². The summed E-state index contributed by atoms with van der Waals surface area (Å²) in [6.45, 7) is 7.15. The number of aliphatic hydroxyl groups is 2. The van der Waals surface area contributed by atoms with Crippen molar-refractivity contribution in [3.05, 3.63) is 25.3 Å². The summed E-state index contributed by atoms with van der Waals surface area (Å²) in [5.74, 6) is 0. The van der Waals surface area contributed by atoms with E-state index < -0.39 is 26.2 Å². The smallest absolute Gasteiger partial charge is 0.275 e. The van der Waals surface area contributed by atoms with Gasteiger partial charge in [-0.15, -0.1) is 13.2 Å². The first kappa shape index (κ1) is 15.8. The molecule has 1 rings (SSSR count). The number of hydrogen-bond donors (Lipinski definition) is 2. The van der Waals surface area contributed by atoms with Crippen LogP contribution in [0.3, 0.4) is 0 Å². The van der Waals surface area contributed by atoms with Gasteiger partial charge in [0.2, 0.25) is 0 Å². The number of hydrogen-bond acceptors (Lipinski definition) is 4. The second-order valence-corrected chi connectivity index (χ2v) is 8.72. The zero-order valence-electron chi connectivity index (χ0n) is 9.26. The van der Waals surface area contributed by atoms with E-state index in [0.717, 1.165) is 0 Å². The third kappa shape index (κ3) is 4.43. The molecule has 0 unspecified atom stereocenters. The predicted molar refractivity (Wildman–Crippen MR) is 82.2 cm³/mol. The lowest BCUT2D eigenvalue weighted by Crippen LogP contribution is -2.41. The molecule has 0 saturated carbocycles. The molecule has 1 fully saturated rings. The summed E-state index contributed by atoms with van der Waals surface area (Å²) in [5.41, 5.74) is 0. The van der Waals surface area contributed by atoms with E-state index in [0.29, 0.717) is 12.8 Å². The van der Waals surface area contributed by atoms with Gasteiger partial charge in [0.15, 0.2) is 0 Å². The molecule has 0 bridgehead atoms. The van der Waals surface area contributed by atoms with Crippen molar-refractivity contribution in [2.24, 2.45) is 0 Å². The molecular weight excluding hydrogens is 450 g/mol. The molecule has 0 radical (unpaired) electrons. The fourth-order valence-corrected chi connectivity index (χ4v) is 2.86. The molecule has 4 nitrogen and oxygen atoms in total. The molecule has 0 spiro atoms. The van der Waals surface area contributed by atoms with Gasteiger partial charge in [-0.2, -0.15) is 0 Å². The molecule has 1 saturated heterocycles. The molecule has 0 amide bonds. The molecule has 1 aliphatic heterocycles. The standard InChI is InChI=1S/C11H16I2O4/c1-3-5-7(14)9-10(8(15)6-4-2)17-11(12,13)16-9/h3-4,7-10,14-15H,1-2,5-6H2/t7-,8-,9-,10-/m0/s1. The lowest BCUT2D eigenvalue weighted by Gasteiger charge is -2.24. The number of alkyl halides is 2. The molecule has 1 aliphatic rings. The Kier molecular flexibility index (Phi) is 6.34. The van der Waals surface area contributed by atoms with E-state index in [4.69, 9.17) is 9.47 Å². The van der Waals surface area contributed by atoms with Crippen LogP contribution < -0.4 is 0 Å². The summed E-state index contributed by atoms with van der Waals surface area (Å²) in [4.78, 5) is 0. The number of rotatable bonds is 6. The van der Waals surface area contributed by atoms with Crippen molar-refractivity contribution >= 4 is 45.2 Å². The minimum Gasteiger partial charge on any atom is -0.390 e. The maximum Gasteiger partial charge on any atom is 0.275 e. The highest BCUT2D eigenvalue weighted by atomic mass is 127. The fourth-order valence-electron chi connectivity index (χ4n) is 1.68. The summed E-state index contributed by atoms with van der Waals surface area (Å²) >= 11 is 3.98. The number of ether oxygens (including phenoxy) is 2. The van der Waals surface area contributed by atoms with Gasteiger partial charge in [0.25, 0.3) is 1.80 Å². The van der Waals surface area contributed by atoms with E-state index in [-0.39, 0.29) is 0 Å². The topological polar surface area (TPSA) is 58.9 Å². The van der Waals surface area contributed by atoms with Crippen molar-refractivity contribution in [2.45, 2.75) is 39.1 Å². The molecule has 4 atom stereocenters. The quantitative estimate of drug-likeness (QED) is 0.358. The molecule has 17 heavy (non-hydrogen) atoms. The van der Waals surface area contributed by atoms with Gasteiger partial charge < -0.3 is 19.7 Å². The van der Waals surface area contributed by atoms with Crippen LogP contribution in [0.25, 0.3) is 0 Å². The molecule has 98 valence electrons. The van der Waals surface area contributed by atoms with Crippen LogP contribution in [0.15, 0.2) is 25.3 Å². The molecule has 6 heteroatoms. The van der Waals surface area contributed by atoms with Crippen LogP contribution in [-0.4, -0.2) is 36.4 Å². The first-order chi connectivity index (χ1) is 7.91. The molecule has 0 aromatic rings. The van der Waals surface area contributed by atoms with Crippen LogP contribution in [0.1, 0.15) is 12.8 Å². The summed E-state index contributed by atoms with van der Waals surface area (Å²) < 4.78 is 10.4. The highest BCUT2D eigenvalue weighted by molar-refractivity contribution is 14.2. The Hall–Kier alpha value is 0.780. The van der Waals surface area contributed by atoms with Gasteiger partial charge in [0.05, 0.1) is 12.2 Å². The number of aliphatic hydroxyl groups excluding tert-OH is 2. The fraction of sp³-hybridized carbons (Fsp3) is 0.636. The maximum atomic E-state index is 9.95. The Morgan fingerprint density at radius 2 is 1.41 bits per heavy atom. The molecular formula is C11H16I2O4. The van der Waals surface area contributed by atoms with Crippen molar-refractivity contribution in [3.63, 3.8) is 0 Å².